The molecule has 0 atom stereocenters. The topological polar surface area (TPSA) is 101 Å². The van der Waals surface area contributed by atoms with E-state index >= 15 is 0 Å². The number of benzene rings is 3. The molecule has 0 unspecified atom stereocenters. The van der Waals surface area contributed by atoms with Crippen LogP contribution in [-0.4, -0.2) is 48.9 Å². The van der Waals surface area contributed by atoms with Crippen molar-refractivity contribution in [1.82, 2.24) is 0 Å². The molecule has 0 fully saturated rings. The van der Waals surface area contributed by atoms with Crippen LogP contribution in [0.2, 0.25) is 0 Å². The molecule has 4 rings (SSSR count). The second-order valence-electron chi connectivity index (χ2n) is 7.64. The van der Waals surface area contributed by atoms with Crippen molar-refractivity contribution in [3.05, 3.63) is 72.3 Å². The number of anilines is 1. The monoisotopic (exact) mass is 511 g/mol. The van der Waals surface area contributed by atoms with Crippen LogP contribution >= 0.6 is 0 Å². The van der Waals surface area contributed by atoms with Crippen LogP contribution in [0.5, 0.6) is 28.7 Å². The van der Waals surface area contributed by atoms with Crippen LogP contribution in [0.3, 0.4) is 0 Å². The normalized spacial score (nSPS) is 12.8. The Labute approximate surface area is 209 Å². The van der Waals surface area contributed by atoms with Crippen molar-refractivity contribution in [3.63, 3.8) is 0 Å². The zero-order valence-corrected chi connectivity index (χ0v) is 20.8. The Morgan fingerprint density at radius 2 is 1.58 bits per heavy atom. The summed E-state index contributed by atoms with van der Waals surface area (Å²) in [6.07, 6.45) is 2.85. The molecule has 0 amide bonds. The molecule has 188 valence electrons. The van der Waals surface area contributed by atoms with Crippen molar-refractivity contribution in [2.45, 2.75) is 4.90 Å². The van der Waals surface area contributed by atoms with Gasteiger partial charge in [0.1, 0.15) is 24.7 Å². The Morgan fingerprint density at radius 1 is 0.917 bits per heavy atom. The van der Waals surface area contributed by atoms with Gasteiger partial charge in [-0.1, -0.05) is 0 Å². The number of ether oxygens (including phenoxy) is 5. The van der Waals surface area contributed by atoms with E-state index in [4.69, 9.17) is 23.7 Å². The molecule has 0 bridgehead atoms. The molecular weight excluding hydrogens is 486 g/mol. The second-order valence-corrected chi connectivity index (χ2v) is 9.61. The molecule has 10 heteroatoms. The lowest BCUT2D eigenvalue weighted by Crippen LogP contribution is -2.26. The molecule has 0 spiro atoms. The van der Waals surface area contributed by atoms with Gasteiger partial charge in [-0.2, -0.15) is 0 Å². The Hall–Kier alpha value is -4.18. The molecule has 36 heavy (non-hydrogen) atoms. The molecular formula is C26H25NO8S. The van der Waals surface area contributed by atoms with E-state index in [9.17, 15) is 13.2 Å². The summed E-state index contributed by atoms with van der Waals surface area (Å²) in [5, 5.41) is 0. The fourth-order valence-electron chi connectivity index (χ4n) is 3.47. The minimum atomic E-state index is -3.78. The number of hydrogen-bond donors (Lipinski definition) is 0. The molecule has 0 radical (unpaired) electrons. The highest BCUT2D eigenvalue weighted by Gasteiger charge is 2.21. The molecule has 0 saturated carbocycles. The Kier molecular flexibility index (Phi) is 7.35. The van der Waals surface area contributed by atoms with Gasteiger partial charge in [-0.25, -0.2) is 13.2 Å². The van der Waals surface area contributed by atoms with Crippen molar-refractivity contribution in [3.8, 4) is 28.7 Å². The number of fused-ring (bicyclic) bond motifs is 1. The number of rotatable bonds is 8. The van der Waals surface area contributed by atoms with E-state index in [0.717, 1.165) is 4.31 Å². The number of sulfonamides is 1. The lowest BCUT2D eigenvalue weighted by molar-refractivity contribution is -0.128. The van der Waals surface area contributed by atoms with Gasteiger partial charge in [0, 0.05) is 13.1 Å². The SMILES string of the molecule is COc1ccc(S(=O)(=O)N(C)c2ccc(OC(=O)/C=C/c3cc(OC)c4c(c3)OCCO4)cc2)cc1. The van der Waals surface area contributed by atoms with Gasteiger partial charge in [0.2, 0.25) is 5.75 Å². The lowest BCUT2D eigenvalue weighted by atomic mass is 10.1. The smallest absolute Gasteiger partial charge is 0.336 e. The van der Waals surface area contributed by atoms with Crippen molar-refractivity contribution in [2.75, 3.05) is 38.8 Å². The molecule has 0 N–H and O–H groups in total. The molecule has 3 aromatic rings. The summed E-state index contributed by atoms with van der Waals surface area (Å²) in [4.78, 5) is 12.5. The predicted octanol–water partition coefficient (Wildman–Crippen LogP) is 3.92. The van der Waals surface area contributed by atoms with Crippen LogP contribution in [0, 0.1) is 0 Å². The number of esters is 1. The summed E-state index contributed by atoms with van der Waals surface area (Å²) in [6.45, 7) is 0.866. The minimum absolute atomic E-state index is 0.127. The third-order valence-electron chi connectivity index (χ3n) is 5.40. The summed E-state index contributed by atoms with van der Waals surface area (Å²) < 4.78 is 53.9. The van der Waals surface area contributed by atoms with Crippen molar-refractivity contribution in [1.29, 1.82) is 0 Å². The van der Waals surface area contributed by atoms with Crippen molar-refractivity contribution < 1.29 is 36.9 Å². The van der Waals surface area contributed by atoms with E-state index in [1.165, 1.54) is 51.6 Å². The van der Waals surface area contributed by atoms with Crippen LogP contribution in [-0.2, 0) is 14.8 Å². The zero-order valence-electron chi connectivity index (χ0n) is 20.0. The Bertz CT molecular complexity index is 1350. The molecule has 1 aliphatic heterocycles. The van der Waals surface area contributed by atoms with E-state index in [1.54, 1.807) is 42.5 Å². The first kappa shape index (κ1) is 24.9. The quantitative estimate of drug-likeness (QED) is 0.255. The molecule has 9 nitrogen and oxygen atoms in total. The molecule has 1 heterocycles. The predicted molar refractivity (Wildman–Crippen MR) is 134 cm³/mol. The Morgan fingerprint density at radius 3 is 2.25 bits per heavy atom. The van der Waals surface area contributed by atoms with Gasteiger partial charge >= 0.3 is 5.97 Å². The highest BCUT2D eigenvalue weighted by atomic mass is 32.2. The first-order chi connectivity index (χ1) is 17.3. The van der Waals surface area contributed by atoms with Gasteiger partial charge in [-0.05, 0) is 72.3 Å². The summed E-state index contributed by atoms with van der Waals surface area (Å²) in [5.41, 5.74) is 1.08. The minimum Gasteiger partial charge on any atom is -0.497 e. The number of nitrogens with zero attached hydrogens (tertiary/aromatic N) is 1. The molecule has 1 aliphatic rings. The molecule has 0 aromatic heterocycles. The summed E-state index contributed by atoms with van der Waals surface area (Å²) in [6, 6.07) is 15.7. The molecule has 0 saturated heterocycles. The highest BCUT2D eigenvalue weighted by molar-refractivity contribution is 7.92. The standard InChI is InChI=1S/C26H25NO8S/c1-27(36(29,30)22-11-9-20(31-2)10-12-22)19-5-7-21(8-6-19)35-25(28)13-4-18-16-23(32-3)26-24(17-18)33-14-15-34-26/h4-13,16-17H,14-15H2,1-3H3/b13-4+. The average Bonchev–Trinajstić information content (AvgIpc) is 2.91. The average molecular weight is 512 g/mol. The highest BCUT2D eigenvalue weighted by Crippen LogP contribution is 2.40. The largest absolute Gasteiger partial charge is 0.497 e. The zero-order chi connectivity index (χ0) is 25.7. The van der Waals surface area contributed by atoms with E-state index in [2.05, 4.69) is 0 Å². The lowest BCUT2D eigenvalue weighted by Gasteiger charge is -2.20. The maximum atomic E-state index is 12.9. The number of carbonyl (C=O) groups is 1. The van der Waals surface area contributed by atoms with Gasteiger partial charge in [0.15, 0.2) is 11.5 Å². The number of methoxy groups -OCH3 is 2. The van der Waals surface area contributed by atoms with Gasteiger partial charge < -0.3 is 23.7 Å². The summed E-state index contributed by atoms with van der Waals surface area (Å²) in [7, 11) is 0.710. The first-order valence-corrected chi connectivity index (χ1v) is 12.4. The van der Waals surface area contributed by atoms with Crippen LogP contribution in [0.25, 0.3) is 6.08 Å². The van der Waals surface area contributed by atoms with Crippen molar-refractivity contribution >= 4 is 27.8 Å². The fraction of sp³-hybridized carbons (Fsp3) is 0.192. The van der Waals surface area contributed by atoms with Gasteiger partial charge in [-0.15, -0.1) is 0 Å². The van der Waals surface area contributed by atoms with Crippen LogP contribution in [0.1, 0.15) is 5.56 Å². The van der Waals surface area contributed by atoms with E-state index in [0.29, 0.717) is 47.5 Å². The van der Waals surface area contributed by atoms with Gasteiger partial charge in [-0.3, -0.25) is 4.31 Å². The maximum absolute atomic E-state index is 12.9. The number of hydrogen-bond acceptors (Lipinski definition) is 8. The fourth-order valence-corrected chi connectivity index (χ4v) is 4.67. The van der Waals surface area contributed by atoms with E-state index < -0.39 is 16.0 Å². The molecule has 0 aliphatic carbocycles. The van der Waals surface area contributed by atoms with Crippen LogP contribution in [0.15, 0.2) is 71.6 Å². The van der Waals surface area contributed by atoms with Crippen LogP contribution in [0.4, 0.5) is 5.69 Å². The van der Waals surface area contributed by atoms with Crippen LogP contribution < -0.4 is 28.0 Å². The van der Waals surface area contributed by atoms with Gasteiger partial charge in [0.05, 0.1) is 24.8 Å². The van der Waals surface area contributed by atoms with Crippen molar-refractivity contribution in [2.24, 2.45) is 0 Å². The maximum Gasteiger partial charge on any atom is 0.336 e. The summed E-state index contributed by atoms with van der Waals surface area (Å²) >= 11 is 0. The van der Waals surface area contributed by atoms with Gasteiger partial charge in [0.25, 0.3) is 10.0 Å². The molecule has 3 aromatic carbocycles. The Balaban J connectivity index is 1.42. The third-order valence-corrected chi connectivity index (χ3v) is 7.20. The van der Waals surface area contributed by atoms with E-state index in [1.807, 2.05) is 0 Å². The number of carbonyl (C=O) groups excluding carboxylic acids is 1. The third kappa shape index (κ3) is 5.38. The first-order valence-electron chi connectivity index (χ1n) is 10.9. The summed E-state index contributed by atoms with van der Waals surface area (Å²) in [5.74, 6) is 1.80. The second kappa shape index (κ2) is 10.6. The van der Waals surface area contributed by atoms with E-state index in [-0.39, 0.29) is 10.6 Å².